The Morgan fingerprint density at radius 2 is 1.86 bits per heavy atom. The summed E-state index contributed by atoms with van der Waals surface area (Å²) in [5.74, 6) is -0.830. The Morgan fingerprint density at radius 3 is 2.57 bits per heavy atom. The first-order chi connectivity index (χ1) is 10.1. The van der Waals surface area contributed by atoms with Crippen molar-refractivity contribution in [2.24, 2.45) is 0 Å². The Bertz CT molecular complexity index is 613. The molecule has 0 saturated carbocycles. The van der Waals surface area contributed by atoms with Gasteiger partial charge in [0, 0.05) is 25.8 Å². The molecule has 0 radical (unpaired) electrons. The fourth-order valence-electron chi connectivity index (χ4n) is 2.07. The molecule has 0 unspecified atom stereocenters. The third-order valence-electron chi connectivity index (χ3n) is 3.37. The normalized spacial score (nSPS) is 10.2. The average Bonchev–Trinajstić information content (AvgIpc) is 2.50. The molecule has 0 saturated heterocycles. The van der Waals surface area contributed by atoms with E-state index in [1.54, 1.807) is 19.1 Å². The highest BCUT2D eigenvalue weighted by Gasteiger charge is 2.12. The van der Waals surface area contributed by atoms with Gasteiger partial charge in [-0.15, -0.1) is 0 Å². The van der Waals surface area contributed by atoms with E-state index in [2.05, 4.69) is 5.32 Å². The third-order valence-corrected chi connectivity index (χ3v) is 3.37. The fraction of sp³-hybridized carbons (Fsp3) is 0.235. The molecule has 21 heavy (non-hydrogen) atoms. The van der Waals surface area contributed by atoms with Gasteiger partial charge < -0.3 is 10.2 Å². The molecule has 0 heterocycles. The SMILES string of the molecule is Cc1cccc(C(=O)NCCN(C)c2ccccc2)c1F. The first kappa shape index (κ1) is 15.0. The summed E-state index contributed by atoms with van der Waals surface area (Å²) < 4.78 is 13.8. The minimum Gasteiger partial charge on any atom is -0.373 e. The van der Waals surface area contributed by atoms with Crippen molar-refractivity contribution in [3.63, 3.8) is 0 Å². The number of carbonyl (C=O) groups excluding carboxylic acids is 1. The van der Waals surface area contributed by atoms with Crippen LogP contribution >= 0.6 is 0 Å². The molecular weight excluding hydrogens is 267 g/mol. The highest BCUT2D eigenvalue weighted by molar-refractivity contribution is 5.94. The summed E-state index contributed by atoms with van der Waals surface area (Å²) in [7, 11) is 1.95. The molecule has 110 valence electrons. The summed E-state index contributed by atoms with van der Waals surface area (Å²) in [6.45, 7) is 2.76. The molecule has 2 aromatic carbocycles. The van der Waals surface area contributed by atoms with Crippen molar-refractivity contribution in [1.82, 2.24) is 5.32 Å². The predicted molar refractivity (Wildman–Crippen MR) is 83.2 cm³/mol. The van der Waals surface area contributed by atoms with Gasteiger partial charge in [-0.1, -0.05) is 30.3 Å². The molecule has 0 aliphatic carbocycles. The summed E-state index contributed by atoms with van der Waals surface area (Å²) in [6, 6.07) is 14.7. The van der Waals surface area contributed by atoms with Gasteiger partial charge in [-0.2, -0.15) is 0 Å². The highest BCUT2D eigenvalue weighted by atomic mass is 19.1. The van der Waals surface area contributed by atoms with E-state index in [-0.39, 0.29) is 11.5 Å². The molecule has 2 aromatic rings. The number of hydrogen-bond acceptors (Lipinski definition) is 2. The molecule has 0 aliphatic rings. The number of carbonyl (C=O) groups is 1. The average molecular weight is 286 g/mol. The van der Waals surface area contributed by atoms with Gasteiger partial charge in [-0.25, -0.2) is 4.39 Å². The second-order valence-electron chi connectivity index (χ2n) is 4.95. The number of amides is 1. The van der Waals surface area contributed by atoms with Crippen LogP contribution in [0, 0.1) is 12.7 Å². The fourth-order valence-corrected chi connectivity index (χ4v) is 2.07. The van der Waals surface area contributed by atoms with Crippen LogP contribution in [0.4, 0.5) is 10.1 Å². The van der Waals surface area contributed by atoms with Crippen LogP contribution in [0.3, 0.4) is 0 Å². The molecule has 1 N–H and O–H groups in total. The number of nitrogens with one attached hydrogen (secondary N) is 1. The van der Waals surface area contributed by atoms with Crippen LogP contribution in [0.25, 0.3) is 0 Å². The number of nitrogens with zero attached hydrogens (tertiary/aromatic N) is 1. The number of halogens is 1. The summed E-state index contributed by atoms with van der Waals surface area (Å²) in [5, 5.41) is 2.75. The van der Waals surface area contributed by atoms with Crippen molar-refractivity contribution < 1.29 is 9.18 Å². The number of hydrogen-bond donors (Lipinski definition) is 1. The van der Waals surface area contributed by atoms with E-state index in [1.807, 2.05) is 42.3 Å². The predicted octanol–water partition coefficient (Wildman–Crippen LogP) is 3.00. The number of benzene rings is 2. The third kappa shape index (κ3) is 3.81. The molecule has 0 aliphatic heterocycles. The second-order valence-corrected chi connectivity index (χ2v) is 4.95. The van der Waals surface area contributed by atoms with Crippen LogP contribution in [-0.4, -0.2) is 26.0 Å². The largest absolute Gasteiger partial charge is 0.373 e. The van der Waals surface area contributed by atoms with E-state index >= 15 is 0 Å². The zero-order chi connectivity index (χ0) is 15.2. The van der Waals surface area contributed by atoms with E-state index in [1.165, 1.54) is 6.07 Å². The van der Waals surface area contributed by atoms with Crippen molar-refractivity contribution in [3.05, 3.63) is 65.5 Å². The Morgan fingerprint density at radius 1 is 1.14 bits per heavy atom. The van der Waals surface area contributed by atoms with Crippen LogP contribution in [-0.2, 0) is 0 Å². The highest BCUT2D eigenvalue weighted by Crippen LogP contribution is 2.12. The van der Waals surface area contributed by atoms with E-state index in [9.17, 15) is 9.18 Å². The van der Waals surface area contributed by atoms with Crippen molar-refractivity contribution >= 4 is 11.6 Å². The van der Waals surface area contributed by atoms with Gasteiger partial charge in [0.25, 0.3) is 5.91 Å². The molecule has 3 nitrogen and oxygen atoms in total. The summed E-state index contributed by atoms with van der Waals surface area (Å²) in [5.41, 5.74) is 1.65. The maximum absolute atomic E-state index is 13.8. The van der Waals surface area contributed by atoms with Gasteiger partial charge in [0.15, 0.2) is 0 Å². The number of rotatable bonds is 5. The van der Waals surface area contributed by atoms with Crippen molar-refractivity contribution in [3.8, 4) is 0 Å². The lowest BCUT2D eigenvalue weighted by Gasteiger charge is -2.19. The Hall–Kier alpha value is -2.36. The zero-order valence-electron chi connectivity index (χ0n) is 12.3. The lowest BCUT2D eigenvalue weighted by molar-refractivity contribution is 0.0950. The molecule has 4 heteroatoms. The van der Waals surface area contributed by atoms with E-state index in [0.717, 1.165) is 5.69 Å². The first-order valence-electron chi connectivity index (χ1n) is 6.89. The Balaban J connectivity index is 1.89. The summed E-state index contributed by atoms with van der Waals surface area (Å²) >= 11 is 0. The van der Waals surface area contributed by atoms with Crippen LogP contribution in [0.15, 0.2) is 48.5 Å². The molecule has 0 fully saturated rings. The lowest BCUT2D eigenvalue weighted by atomic mass is 10.1. The van der Waals surface area contributed by atoms with E-state index < -0.39 is 5.82 Å². The molecule has 1 amide bonds. The molecule has 0 atom stereocenters. The maximum Gasteiger partial charge on any atom is 0.254 e. The second kappa shape index (κ2) is 6.88. The topological polar surface area (TPSA) is 32.3 Å². The monoisotopic (exact) mass is 286 g/mol. The first-order valence-corrected chi connectivity index (χ1v) is 6.89. The quantitative estimate of drug-likeness (QED) is 0.916. The minimum atomic E-state index is -0.452. The number of aryl methyl sites for hydroxylation is 1. The van der Waals surface area contributed by atoms with Gasteiger partial charge in [-0.05, 0) is 30.7 Å². The van der Waals surface area contributed by atoms with Crippen LogP contribution in [0.2, 0.25) is 0 Å². The molecule has 0 bridgehead atoms. The Labute approximate surface area is 124 Å². The lowest BCUT2D eigenvalue weighted by Crippen LogP contribution is -2.33. The van der Waals surface area contributed by atoms with Gasteiger partial charge >= 0.3 is 0 Å². The van der Waals surface area contributed by atoms with Crippen molar-refractivity contribution in [2.75, 3.05) is 25.0 Å². The maximum atomic E-state index is 13.8. The van der Waals surface area contributed by atoms with Crippen LogP contribution < -0.4 is 10.2 Å². The van der Waals surface area contributed by atoms with E-state index in [4.69, 9.17) is 0 Å². The molecular formula is C17H19FN2O. The van der Waals surface area contributed by atoms with Crippen LogP contribution in [0.1, 0.15) is 15.9 Å². The van der Waals surface area contributed by atoms with Crippen molar-refractivity contribution in [2.45, 2.75) is 6.92 Å². The zero-order valence-corrected chi connectivity index (χ0v) is 12.3. The minimum absolute atomic E-state index is 0.0948. The van der Waals surface area contributed by atoms with Gasteiger partial charge in [-0.3, -0.25) is 4.79 Å². The van der Waals surface area contributed by atoms with E-state index in [0.29, 0.717) is 18.7 Å². The van der Waals surface area contributed by atoms with Gasteiger partial charge in [0.2, 0.25) is 0 Å². The smallest absolute Gasteiger partial charge is 0.254 e. The number of para-hydroxylation sites is 1. The van der Waals surface area contributed by atoms with Crippen LogP contribution in [0.5, 0.6) is 0 Å². The summed E-state index contributed by atoms with van der Waals surface area (Å²) in [4.78, 5) is 14.0. The molecule has 0 aromatic heterocycles. The standard InChI is InChI=1S/C17H19FN2O/c1-13-7-6-10-15(16(13)18)17(21)19-11-12-20(2)14-8-4-3-5-9-14/h3-10H,11-12H2,1-2H3,(H,19,21). The van der Waals surface area contributed by atoms with Gasteiger partial charge in [0.05, 0.1) is 5.56 Å². The van der Waals surface area contributed by atoms with Crippen molar-refractivity contribution in [1.29, 1.82) is 0 Å². The van der Waals surface area contributed by atoms with Gasteiger partial charge in [0.1, 0.15) is 5.82 Å². The molecule has 0 spiro atoms. The molecule has 2 rings (SSSR count). The number of likely N-dealkylation sites (N-methyl/N-ethyl adjacent to an activating group) is 1. The number of anilines is 1. The Kier molecular flexibility index (Phi) is 4.93. The summed E-state index contributed by atoms with van der Waals surface area (Å²) in [6.07, 6.45) is 0.